The monoisotopic (exact) mass is 293 g/mol. The third kappa shape index (κ3) is 3.33. The summed E-state index contributed by atoms with van der Waals surface area (Å²) in [6.07, 6.45) is 3.12. The van der Waals surface area contributed by atoms with Crippen LogP contribution in [0.5, 0.6) is 0 Å². The quantitative estimate of drug-likeness (QED) is 0.874. The molecular weight excluding hydrogens is 270 g/mol. The van der Waals surface area contributed by atoms with E-state index in [1.54, 1.807) is 0 Å². The van der Waals surface area contributed by atoms with E-state index in [0.717, 1.165) is 54.2 Å². The first-order chi connectivity index (χ1) is 9.46. The van der Waals surface area contributed by atoms with Crippen LogP contribution in [0.2, 0.25) is 5.02 Å². The number of benzene rings is 1. The van der Waals surface area contributed by atoms with Gasteiger partial charge < -0.3 is 10.3 Å². The molecule has 0 fully saturated rings. The second-order valence-corrected chi connectivity index (χ2v) is 6.54. The highest BCUT2D eigenvalue weighted by Gasteiger charge is 2.19. The van der Waals surface area contributed by atoms with E-state index in [9.17, 15) is 0 Å². The molecule has 4 heteroatoms. The zero-order valence-corrected chi connectivity index (χ0v) is 13.4. The Kier molecular flexibility index (Phi) is 4.71. The van der Waals surface area contributed by atoms with Gasteiger partial charge in [-0.15, -0.1) is 0 Å². The molecule has 0 aliphatic carbocycles. The predicted molar refractivity (Wildman–Crippen MR) is 86.2 cm³/mol. The zero-order valence-electron chi connectivity index (χ0n) is 12.6. The van der Waals surface area contributed by atoms with Crippen molar-refractivity contribution in [3.05, 3.63) is 29.0 Å². The smallest absolute Gasteiger partial charge is 0.109 e. The van der Waals surface area contributed by atoms with Crippen LogP contribution in [0.15, 0.2) is 18.2 Å². The molecule has 0 radical (unpaired) electrons. The Morgan fingerprint density at radius 2 is 2.05 bits per heavy atom. The Balaban J connectivity index is 2.26. The lowest BCUT2D eigenvalue weighted by atomic mass is 9.84. The molecule has 3 nitrogen and oxygen atoms in total. The minimum atomic E-state index is 0.267. The summed E-state index contributed by atoms with van der Waals surface area (Å²) in [5, 5.41) is 0.766. The number of imidazole rings is 1. The Hall–Kier alpha value is -1.06. The van der Waals surface area contributed by atoms with Crippen LogP contribution >= 0.6 is 11.6 Å². The van der Waals surface area contributed by atoms with Gasteiger partial charge in [-0.2, -0.15) is 0 Å². The second kappa shape index (κ2) is 6.15. The zero-order chi connectivity index (χ0) is 14.8. The molecule has 0 saturated carbocycles. The highest BCUT2D eigenvalue weighted by Crippen LogP contribution is 2.28. The summed E-state index contributed by atoms with van der Waals surface area (Å²) in [7, 11) is 0. The average molecular weight is 294 g/mol. The first kappa shape index (κ1) is 15.3. The molecule has 0 aliphatic heterocycles. The van der Waals surface area contributed by atoms with Crippen molar-refractivity contribution in [2.75, 3.05) is 6.54 Å². The third-order valence-corrected chi connectivity index (χ3v) is 4.19. The number of rotatable bonds is 6. The fraction of sp³-hybridized carbons (Fsp3) is 0.562. The average Bonchev–Trinajstić information content (AvgIpc) is 2.73. The van der Waals surface area contributed by atoms with E-state index in [2.05, 4.69) is 25.3 Å². The number of aryl methyl sites for hydroxylation is 2. The molecular formula is C16H24ClN3. The maximum atomic E-state index is 6.09. The first-order valence-corrected chi connectivity index (χ1v) is 7.69. The third-order valence-electron chi connectivity index (χ3n) is 3.95. The molecule has 1 heterocycles. The lowest BCUT2D eigenvalue weighted by Crippen LogP contribution is -2.18. The molecule has 0 amide bonds. The molecule has 0 saturated heterocycles. The summed E-state index contributed by atoms with van der Waals surface area (Å²) in [6, 6.07) is 5.90. The summed E-state index contributed by atoms with van der Waals surface area (Å²) in [4.78, 5) is 4.76. The molecule has 0 atom stereocenters. The number of hydrogen-bond donors (Lipinski definition) is 1. The van der Waals surface area contributed by atoms with E-state index >= 15 is 0 Å². The van der Waals surface area contributed by atoms with Gasteiger partial charge in [-0.05, 0) is 49.9 Å². The molecule has 20 heavy (non-hydrogen) atoms. The lowest BCUT2D eigenvalue weighted by molar-refractivity contribution is 0.309. The van der Waals surface area contributed by atoms with Crippen LogP contribution in [-0.2, 0) is 13.0 Å². The second-order valence-electron chi connectivity index (χ2n) is 6.11. The molecule has 2 N–H and O–H groups in total. The van der Waals surface area contributed by atoms with E-state index < -0.39 is 0 Å². The van der Waals surface area contributed by atoms with Crippen LogP contribution in [0, 0.1) is 5.41 Å². The van der Waals surface area contributed by atoms with Gasteiger partial charge in [0.1, 0.15) is 5.82 Å². The highest BCUT2D eigenvalue weighted by atomic mass is 35.5. The Morgan fingerprint density at radius 1 is 1.30 bits per heavy atom. The van der Waals surface area contributed by atoms with Crippen LogP contribution in [0.1, 0.15) is 39.4 Å². The van der Waals surface area contributed by atoms with Crippen LogP contribution in [-0.4, -0.2) is 16.1 Å². The summed E-state index contributed by atoms with van der Waals surface area (Å²) in [6.45, 7) is 8.36. The van der Waals surface area contributed by atoms with Crippen molar-refractivity contribution in [2.24, 2.45) is 11.1 Å². The SMILES string of the molecule is CCn1c(CCC(C)(C)CCN)nc2ccc(Cl)cc21. The molecule has 1 aromatic heterocycles. The fourth-order valence-corrected chi connectivity index (χ4v) is 2.82. The van der Waals surface area contributed by atoms with Crippen molar-refractivity contribution in [3.63, 3.8) is 0 Å². The normalized spacial score (nSPS) is 12.2. The Bertz CT molecular complexity index is 587. The van der Waals surface area contributed by atoms with Crippen LogP contribution < -0.4 is 5.73 Å². The maximum Gasteiger partial charge on any atom is 0.109 e. The van der Waals surface area contributed by atoms with E-state index in [-0.39, 0.29) is 5.41 Å². The number of nitrogens with zero attached hydrogens (tertiary/aromatic N) is 2. The van der Waals surface area contributed by atoms with Gasteiger partial charge in [0.15, 0.2) is 0 Å². The fourth-order valence-electron chi connectivity index (χ4n) is 2.66. The van der Waals surface area contributed by atoms with Crippen LogP contribution in [0.3, 0.4) is 0 Å². The molecule has 2 aromatic rings. The molecule has 2 rings (SSSR count). The number of hydrogen-bond acceptors (Lipinski definition) is 2. The van der Waals surface area contributed by atoms with E-state index in [1.165, 1.54) is 0 Å². The van der Waals surface area contributed by atoms with Crippen molar-refractivity contribution in [2.45, 2.75) is 46.6 Å². The van der Waals surface area contributed by atoms with Gasteiger partial charge in [-0.1, -0.05) is 25.4 Å². The largest absolute Gasteiger partial charge is 0.330 e. The van der Waals surface area contributed by atoms with Crippen molar-refractivity contribution in [1.82, 2.24) is 9.55 Å². The minimum absolute atomic E-state index is 0.267. The van der Waals surface area contributed by atoms with Crippen LogP contribution in [0.4, 0.5) is 0 Å². The summed E-state index contributed by atoms with van der Waals surface area (Å²) >= 11 is 6.09. The van der Waals surface area contributed by atoms with Gasteiger partial charge in [-0.25, -0.2) is 4.98 Å². The molecule has 0 bridgehead atoms. The van der Waals surface area contributed by atoms with Crippen molar-refractivity contribution in [3.8, 4) is 0 Å². The van der Waals surface area contributed by atoms with Gasteiger partial charge in [0.2, 0.25) is 0 Å². The first-order valence-electron chi connectivity index (χ1n) is 7.31. The van der Waals surface area contributed by atoms with Crippen LogP contribution in [0.25, 0.3) is 11.0 Å². The molecule has 110 valence electrons. The van der Waals surface area contributed by atoms with Gasteiger partial charge in [0.25, 0.3) is 0 Å². The molecule has 0 spiro atoms. The molecule has 0 aliphatic rings. The van der Waals surface area contributed by atoms with Gasteiger partial charge in [0.05, 0.1) is 11.0 Å². The summed E-state index contributed by atoms with van der Waals surface area (Å²) in [5.41, 5.74) is 8.11. The lowest BCUT2D eigenvalue weighted by Gasteiger charge is -2.23. The predicted octanol–water partition coefficient (Wildman–Crippen LogP) is 4.02. The molecule has 1 aromatic carbocycles. The topological polar surface area (TPSA) is 43.8 Å². The van der Waals surface area contributed by atoms with Crippen molar-refractivity contribution < 1.29 is 0 Å². The molecule has 0 unspecified atom stereocenters. The van der Waals surface area contributed by atoms with Crippen molar-refractivity contribution >= 4 is 22.6 Å². The maximum absolute atomic E-state index is 6.09. The minimum Gasteiger partial charge on any atom is -0.330 e. The number of nitrogens with two attached hydrogens (primary N) is 1. The Morgan fingerprint density at radius 3 is 2.70 bits per heavy atom. The van der Waals surface area contributed by atoms with E-state index in [0.29, 0.717) is 0 Å². The summed E-state index contributed by atoms with van der Waals surface area (Å²) < 4.78 is 2.26. The van der Waals surface area contributed by atoms with E-state index in [1.807, 2.05) is 18.2 Å². The van der Waals surface area contributed by atoms with Gasteiger partial charge in [0, 0.05) is 18.0 Å². The number of halogens is 1. The summed E-state index contributed by atoms with van der Waals surface area (Å²) in [5.74, 6) is 1.15. The van der Waals surface area contributed by atoms with E-state index in [4.69, 9.17) is 22.3 Å². The number of aromatic nitrogens is 2. The highest BCUT2D eigenvalue weighted by molar-refractivity contribution is 6.31. The number of fused-ring (bicyclic) bond motifs is 1. The van der Waals surface area contributed by atoms with Crippen molar-refractivity contribution in [1.29, 1.82) is 0 Å². The van der Waals surface area contributed by atoms with Gasteiger partial charge in [-0.3, -0.25) is 0 Å². The van der Waals surface area contributed by atoms with Gasteiger partial charge >= 0.3 is 0 Å². The Labute approximate surface area is 126 Å². The standard InChI is InChI=1S/C16H24ClN3/c1-4-20-14-11-12(17)5-6-13(14)19-15(20)7-8-16(2,3)9-10-18/h5-6,11H,4,7-10,18H2,1-3H3.